The number of nitrogens with zero attached hydrogens (tertiary/aromatic N) is 2. The number of hydrazone groups is 1. The highest BCUT2D eigenvalue weighted by Gasteiger charge is 2.09. The van der Waals surface area contributed by atoms with Crippen LogP contribution in [-0.4, -0.2) is 30.3 Å². The van der Waals surface area contributed by atoms with Crippen molar-refractivity contribution in [2.45, 2.75) is 20.8 Å². The monoisotopic (exact) mass is 385 g/mol. The van der Waals surface area contributed by atoms with Gasteiger partial charge in [-0.3, -0.25) is 14.9 Å². The summed E-state index contributed by atoms with van der Waals surface area (Å²) in [5, 5.41) is 14.6. The number of nitro groups is 1. The van der Waals surface area contributed by atoms with Crippen molar-refractivity contribution < 1.29 is 19.2 Å². The van der Waals surface area contributed by atoms with E-state index in [0.717, 1.165) is 5.56 Å². The van der Waals surface area contributed by atoms with Gasteiger partial charge in [0, 0.05) is 17.7 Å². The molecule has 28 heavy (non-hydrogen) atoms. The van der Waals surface area contributed by atoms with Gasteiger partial charge in [0.15, 0.2) is 11.5 Å². The predicted molar refractivity (Wildman–Crippen MR) is 106 cm³/mol. The number of carbonyl (C=O) groups is 1. The molecule has 0 spiro atoms. The molecular weight excluding hydrogens is 362 g/mol. The van der Waals surface area contributed by atoms with Gasteiger partial charge in [-0.25, -0.2) is 5.43 Å². The molecule has 8 nitrogen and oxygen atoms in total. The fourth-order valence-electron chi connectivity index (χ4n) is 2.21. The van der Waals surface area contributed by atoms with Gasteiger partial charge in [-0.05, 0) is 48.7 Å². The van der Waals surface area contributed by atoms with E-state index in [4.69, 9.17) is 9.47 Å². The van der Waals surface area contributed by atoms with Crippen LogP contribution in [0.25, 0.3) is 0 Å². The predicted octanol–water partition coefficient (Wildman–Crippen LogP) is 3.79. The first-order valence-electron chi connectivity index (χ1n) is 8.88. The van der Waals surface area contributed by atoms with Gasteiger partial charge < -0.3 is 9.47 Å². The molecule has 0 aromatic heterocycles. The van der Waals surface area contributed by atoms with E-state index < -0.39 is 10.8 Å². The summed E-state index contributed by atoms with van der Waals surface area (Å²) >= 11 is 0. The topological polar surface area (TPSA) is 103 Å². The Morgan fingerprint density at radius 1 is 1.18 bits per heavy atom. The molecule has 0 atom stereocenters. The number of carbonyl (C=O) groups excluding carboxylic acids is 1. The van der Waals surface area contributed by atoms with E-state index in [1.807, 2.05) is 6.92 Å². The minimum absolute atomic E-state index is 0.0803. The SMILES string of the molecule is CCOc1cc(/C=N\NC(=O)c2ccc([N+](=O)[O-])cc2)ccc1OCC(C)C. The highest BCUT2D eigenvalue weighted by molar-refractivity contribution is 5.95. The van der Waals surface area contributed by atoms with E-state index in [0.29, 0.717) is 30.6 Å². The van der Waals surface area contributed by atoms with Crippen molar-refractivity contribution in [2.24, 2.45) is 11.0 Å². The smallest absolute Gasteiger partial charge is 0.271 e. The molecule has 0 unspecified atom stereocenters. The summed E-state index contributed by atoms with van der Waals surface area (Å²) < 4.78 is 11.4. The first-order chi connectivity index (χ1) is 13.4. The third-order valence-electron chi connectivity index (χ3n) is 3.56. The zero-order chi connectivity index (χ0) is 20.5. The zero-order valence-electron chi connectivity index (χ0n) is 16.0. The van der Waals surface area contributed by atoms with Crippen LogP contribution >= 0.6 is 0 Å². The summed E-state index contributed by atoms with van der Waals surface area (Å²) in [5.74, 6) is 1.19. The second-order valence-corrected chi connectivity index (χ2v) is 6.35. The number of ether oxygens (including phenoxy) is 2. The summed E-state index contributed by atoms with van der Waals surface area (Å²) in [6.45, 7) is 7.09. The Bertz CT molecular complexity index is 847. The molecule has 8 heteroatoms. The lowest BCUT2D eigenvalue weighted by Crippen LogP contribution is -2.17. The van der Waals surface area contributed by atoms with Crippen LogP contribution in [-0.2, 0) is 0 Å². The molecule has 1 N–H and O–H groups in total. The van der Waals surface area contributed by atoms with Gasteiger partial charge >= 0.3 is 0 Å². The second-order valence-electron chi connectivity index (χ2n) is 6.35. The molecule has 0 fully saturated rings. The molecule has 1 amide bonds. The average molecular weight is 385 g/mol. The van der Waals surface area contributed by atoms with Gasteiger partial charge in [0.05, 0.1) is 24.4 Å². The Hall–Kier alpha value is -3.42. The van der Waals surface area contributed by atoms with E-state index in [2.05, 4.69) is 24.4 Å². The van der Waals surface area contributed by atoms with E-state index in [-0.39, 0.29) is 11.3 Å². The average Bonchev–Trinajstić information content (AvgIpc) is 2.67. The maximum Gasteiger partial charge on any atom is 0.271 e. The molecular formula is C20H23N3O5. The van der Waals surface area contributed by atoms with Crippen LogP contribution < -0.4 is 14.9 Å². The standard InChI is InChI=1S/C20H23N3O5/c1-4-27-19-11-15(5-10-18(19)28-13-14(2)3)12-21-22-20(24)16-6-8-17(9-7-16)23(25)26/h5-12,14H,4,13H2,1-3H3,(H,22,24)/b21-12-. The number of non-ortho nitro benzene ring substituents is 1. The van der Waals surface area contributed by atoms with Crippen molar-refractivity contribution in [3.63, 3.8) is 0 Å². The van der Waals surface area contributed by atoms with E-state index in [1.54, 1.807) is 18.2 Å². The van der Waals surface area contributed by atoms with Crippen molar-refractivity contribution >= 4 is 17.8 Å². The molecule has 148 valence electrons. The molecule has 0 aliphatic rings. The largest absolute Gasteiger partial charge is 0.490 e. The Kier molecular flexibility index (Phi) is 7.50. The Morgan fingerprint density at radius 2 is 1.89 bits per heavy atom. The summed E-state index contributed by atoms with van der Waals surface area (Å²) in [6, 6.07) is 10.7. The van der Waals surface area contributed by atoms with Gasteiger partial charge in [-0.2, -0.15) is 5.10 Å². The Balaban J connectivity index is 2.03. The lowest BCUT2D eigenvalue weighted by molar-refractivity contribution is -0.384. The molecule has 0 saturated heterocycles. The highest BCUT2D eigenvalue weighted by atomic mass is 16.6. The fourth-order valence-corrected chi connectivity index (χ4v) is 2.21. The first-order valence-corrected chi connectivity index (χ1v) is 8.88. The number of rotatable bonds is 9. The normalized spacial score (nSPS) is 10.9. The molecule has 0 radical (unpaired) electrons. The lowest BCUT2D eigenvalue weighted by atomic mass is 10.2. The van der Waals surface area contributed by atoms with Crippen LogP contribution in [0.1, 0.15) is 36.7 Å². The van der Waals surface area contributed by atoms with Gasteiger partial charge in [-0.15, -0.1) is 0 Å². The number of benzene rings is 2. The zero-order valence-corrected chi connectivity index (χ0v) is 16.0. The summed E-state index contributed by atoms with van der Waals surface area (Å²) in [5.41, 5.74) is 3.31. The molecule has 0 heterocycles. The third-order valence-corrected chi connectivity index (χ3v) is 3.56. The highest BCUT2D eigenvalue weighted by Crippen LogP contribution is 2.28. The number of nitrogens with one attached hydrogen (secondary N) is 1. The molecule has 0 saturated carbocycles. The molecule has 2 rings (SSSR count). The number of hydrogen-bond donors (Lipinski definition) is 1. The summed E-state index contributed by atoms with van der Waals surface area (Å²) in [7, 11) is 0. The Morgan fingerprint density at radius 3 is 2.50 bits per heavy atom. The maximum atomic E-state index is 12.0. The van der Waals surface area contributed by atoms with Crippen molar-refractivity contribution in [1.29, 1.82) is 0 Å². The quantitative estimate of drug-likeness (QED) is 0.402. The van der Waals surface area contributed by atoms with Gasteiger partial charge in [0.2, 0.25) is 0 Å². The number of amides is 1. The van der Waals surface area contributed by atoms with Crippen molar-refractivity contribution in [3.05, 3.63) is 63.7 Å². The minimum atomic E-state index is -0.523. The van der Waals surface area contributed by atoms with Crippen molar-refractivity contribution in [2.75, 3.05) is 13.2 Å². The van der Waals surface area contributed by atoms with Crippen LogP contribution in [0.15, 0.2) is 47.6 Å². The molecule has 0 bridgehead atoms. The fraction of sp³-hybridized carbons (Fsp3) is 0.300. The van der Waals surface area contributed by atoms with E-state index in [9.17, 15) is 14.9 Å². The van der Waals surface area contributed by atoms with Crippen LogP contribution in [0, 0.1) is 16.0 Å². The molecule has 2 aromatic carbocycles. The molecule has 2 aromatic rings. The molecule has 0 aliphatic heterocycles. The number of hydrogen-bond acceptors (Lipinski definition) is 6. The van der Waals surface area contributed by atoms with Crippen LogP contribution in [0.3, 0.4) is 0 Å². The summed E-state index contributed by atoms with van der Waals surface area (Å²) in [6.07, 6.45) is 1.48. The Labute approximate surface area is 163 Å². The van der Waals surface area contributed by atoms with Crippen LogP contribution in [0.4, 0.5) is 5.69 Å². The maximum absolute atomic E-state index is 12.0. The lowest BCUT2D eigenvalue weighted by Gasteiger charge is -2.13. The minimum Gasteiger partial charge on any atom is -0.490 e. The van der Waals surface area contributed by atoms with Crippen LogP contribution in [0.2, 0.25) is 0 Å². The summed E-state index contributed by atoms with van der Waals surface area (Å²) in [4.78, 5) is 22.2. The van der Waals surface area contributed by atoms with E-state index >= 15 is 0 Å². The third kappa shape index (κ3) is 6.08. The van der Waals surface area contributed by atoms with Gasteiger partial charge in [0.1, 0.15) is 0 Å². The number of nitro benzene ring substituents is 1. The second kappa shape index (κ2) is 10.1. The molecule has 0 aliphatic carbocycles. The van der Waals surface area contributed by atoms with E-state index in [1.165, 1.54) is 30.5 Å². The van der Waals surface area contributed by atoms with Gasteiger partial charge in [-0.1, -0.05) is 13.8 Å². The first kappa shape index (κ1) is 20.9. The van der Waals surface area contributed by atoms with Crippen molar-refractivity contribution in [3.8, 4) is 11.5 Å². The van der Waals surface area contributed by atoms with Crippen molar-refractivity contribution in [1.82, 2.24) is 5.43 Å². The van der Waals surface area contributed by atoms with Gasteiger partial charge in [0.25, 0.3) is 11.6 Å². The van der Waals surface area contributed by atoms with Crippen LogP contribution in [0.5, 0.6) is 11.5 Å².